The summed E-state index contributed by atoms with van der Waals surface area (Å²) in [6, 6.07) is 1.93. The number of fused-ring (bicyclic) bond motifs is 1. The van der Waals surface area contributed by atoms with Crippen LogP contribution in [0.5, 0.6) is 0 Å². The Bertz CT molecular complexity index is 622. The molecule has 5 nitrogen and oxygen atoms in total. The van der Waals surface area contributed by atoms with Gasteiger partial charge in [0.2, 0.25) is 0 Å². The van der Waals surface area contributed by atoms with Gasteiger partial charge in [-0.1, -0.05) is 32.5 Å². The second-order valence-electron chi connectivity index (χ2n) is 5.55. The molecule has 0 atom stereocenters. The monoisotopic (exact) mass is 293 g/mol. The van der Waals surface area contributed by atoms with Gasteiger partial charge in [0, 0.05) is 12.7 Å². The topological polar surface area (TPSA) is 68.0 Å². The Hall–Kier alpha value is -1.56. The summed E-state index contributed by atoms with van der Waals surface area (Å²) in [5.41, 5.74) is 1.96. The molecule has 0 fully saturated rings. The molecule has 20 heavy (non-hydrogen) atoms. The lowest BCUT2D eigenvalue weighted by atomic mass is 9.90. The SMILES string of the molecule is CCC(C)(C)Cn1c(SCC(=O)O)nc2cnccc21. The first-order valence-corrected chi connectivity index (χ1v) is 7.56. The molecular weight excluding hydrogens is 274 g/mol. The molecule has 0 aliphatic rings. The number of rotatable bonds is 6. The van der Waals surface area contributed by atoms with Gasteiger partial charge < -0.3 is 9.67 Å². The van der Waals surface area contributed by atoms with E-state index in [1.807, 2.05) is 6.07 Å². The molecule has 0 saturated heterocycles. The fourth-order valence-electron chi connectivity index (χ4n) is 1.89. The van der Waals surface area contributed by atoms with Gasteiger partial charge in [-0.05, 0) is 17.9 Å². The highest BCUT2D eigenvalue weighted by Gasteiger charge is 2.21. The molecule has 0 unspecified atom stereocenters. The third-order valence-corrected chi connectivity index (χ3v) is 4.34. The van der Waals surface area contributed by atoms with Gasteiger partial charge >= 0.3 is 5.97 Å². The van der Waals surface area contributed by atoms with Crippen molar-refractivity contribution in [3.8, 4) is 0 Å². The number of thioether (sulfide) groups is 1. The van der Waals surface area contributed by atoms with Crippen LogP contribution in [0.4, 0.5) is 0 Å². The molecule has 1 N–H and O–H groups in total. The molecule has 2 heterocycles. The highest BCUT2D eigenvalue weighted by Crippen LogP contribution is 2.29. The molecule has 0 aromatic carbocycles. The van der Waals surface area contributed by atoms with E-state index in [1.54, 1.807) is 12.4 Å². The number of aromatic nitrogens is 3. The van der Waals surface area contributed by atoms with Crippen LogP contribution in [-0.4, -0.2) is 31.4 Å². The number of imidazole rings is 1. The average Bonchev–Trinajstić information content (AvgIpc) is 2.74. The summed E-state index contributed by atoms with van der Waals surface area (Å²) in [4.78, 5) is 19.4. The Kier molecular flexibility index (Phi) is 4.32. The molecule has 0 bridgehead atoms. The molecule has 2 aromatic rings. The Labute approximate surface area is 122 Å². The minimum atomic E-state index is -0.832. The Morgan fingerprint density at radius 1 is 1.50 bits per heavy atom. The van der Waals surface area contributed by atoms with Crippen molar-refractivity contribution in [2.45, 2.75) is 38.9 Å². The lowest BCUT2D eigenvalue weighted by Gasteiger charge is -2.24. The maximum atomic E-state index is 10.8. The van der Waals surface area contributed by atoms with Crippen LogP contribution in [0.1, 0.15) is 27.2 Å². The molecule has 0 aliphatic carbocycles. The Morgan fingerprint density at radius 2 is 2.25 bits per heavy atom. The van der Waals surface area contributed by atoms with Crippen LogP contribution in [0.2, 0.25) is 0 Å². The zero-order valence-corrected chi connectivity index (χ0v) is 12.8. The number of carboxylic acids is 1. The number of nitrogens with zero attached hydrogens (tertiary/aromatic N) is 3. The number of aliphatic carboxylic acids is 1. The van der Waals surface area contributed by atoms with Crippen LogP contribution in [0.15, 0.2) is 23.6 Å². The summed E-state index contributed by atoms with van der Waals surface area (Å²) in [6.45, 7) is 7.37. The second-order valence-corrected chi connectivity index (χ2v) is 6.49. The van der Waals surface area contributed by atoms with Gasteiger partial charge in [-0.2, -0.15) is 0 Å². The maximum absolute atomic E-state index is 10.8. The Morgan fingerprint density at radius 3 is 2.90 bits per heavy atom. The van der Waals surface area contributed by atoms with E-state index in [2.05, 4.69) is 35.3 Å². The van der Waals surface area contributed by atoms with Crippen LogP contribution in [0.3, 0.4) is 0 Å². The van der Waals surface area contributed by atoms with Gasteiger partial charge in [0.05, 0.1) is 17.5 Å². The first kappa shape index (κ1) is 14.8. The van der Waals surface area contributed by atoms with Crippen molar-refractivity contribution in [2.75, 3.05) is 5.75 Å². The van der Waals surface area contributed by atoms with E-state index in [1.165, 1.54) is 11.8 Å². The van der Waals surface area contributed by atoms with E-state index < -0.39 is 5.97 Å². The predicted molar refractivity (Wildman–Crippen MR) is 80.0 cm³/mol. The number of carbonyl (C=O) groups is 1. The van der Waals surface area contributed by atoms with E-state index in [-0.39, 0.29) is 11.2 Å². The summed E-state index contributed by atoms with van der Waals surface area (Å²) in [5, 5.41) is 9.60. The van der Waals surface area contributed by atoms with Crippen LogP contribution in [-0.2, 0) is 11.3 Å². The summed E-state index contributed by atoms with van der Waals surface area (Å²) in [5.74, 6) is -0.815. The van der Waals surface area contributed by atoms with Crippen molar-refractivity contribution in [3.05, 3.63) is 18.5 Å². The van der Waals surface area contributed by atoms with Crippen molar-refractivity contribution >= 4 is 28.8 Å². The third-order valence-electron chi connectivity index (χ3n) is 3.38. The number of hydrogen-bond acceptors (Lipinski definition) is 4. The van der Waals surface area contributed by atoms with E-state index in [0.717, 1.165) is 29.2 Å². The largest absolute Gasteiger partial charge is 0.481 e. The van der Waals surface area contributed by atoms with Gasteiger partial charge in [0.25, 0.3) is 0 Å². The van der Waals surface area contributed by atoms with E-state index in [4.69, 9.17) is 5.11 Å². The fraction of sp³-hybridized carbons (Fsp3) is 0.500. The molecule has 2 rings (SSSR count). The second kappa shape index (κ2) is 5.83. The van der Waals surface area contributed by atoms with Crippen LogP contribution in [0.25, 0.3) is 11.0 Å². The van der Waals surface area contributed by atoms with Crippen molar-refractivity contribution in [1.29, 1.82) is 0 Å². The Balaban J connectivity index is 2.41. The number of hydrogen-bond donors (Lipinski definition) is 1. The fourth-order valence-corrected chi connectivity index (χ4v) is 2.62. The smallest absolute Gasteiger partial charge is 0.313 e. The molecule has 0 spiro atoms. The summed E-state index contributed by atoms with van der Waals surface area (Å²) in [6.07, 6.45) is 4.50. The van der Waals surface area contributed by atoms with Gasteiger partial charge in [-0.3, -0.25) is 9.78 Å². The maximum Gasteiger partial charge on any atom is 0.313 e. The summed E-state index contributed by atoms with van der Waals surface area (Å²) >= 11 is 1.26. The zero-order valence-electron chi connectivity index (χ0n) is 12.0. The van der Waals surface area contributed by atoms with Crippen LogP contribution >= 0.6 is 11.8 Å². The normalized spacial score (nSPS) is 11.9. The van der Waals surface area contributed by atoms with E-state index in [0.29, 0.717) is 0 Å². The van der Waals surface area contributed by atoms with Crippen molar-refractivity contribution in [3.63, 3.8) is 0 Å². The van der Waals surface area contributed by atoms with Crippen molar-refractivity contribution in [2.24, 2.45) is 5.41 Å². The first-order chi connectivity index (χ1) is 9.43. The van der Waals surface area contributed by atoms with Gasteiger partial charge in [-0.25, -0.2) is 4.98 Å². The lowest BCUT2D eigenvalue weighted by molar-refractivity contribution is -0.133. The quantitative estimate of drug-likeness (QED) is 0.829. The molecule has 0 amide bonds. The van der Waals surface area contributed by atoms with Crippen LogP contribution in [0, 0.1) is 5.41 Å². The third kappa shape index (κ3) is 3.30. The highest BCUT2D eigenvalue weighted by molar-refractivity contribution is 7.99. The molecule has 6 heteroatoms. The molecule has 0 aliphatic heterocycles. The molecule has 2 aromatic heterocycles. The van der Waals surface area contributed by atoms with Gasteiger partial charge in [0.1, 0.15) is 5.52 Å². The summed E-state index contributed by atoms with van der Waals surface area (Å²) < 4.78 is 2.11. The summed E-state index contributed by atoms with van der Waals surface area (Å²) in [7, 11) is 0. The van der Waals surface area contributed by atoms with Crippen molar-refractivity contribution < 1.29 is 9.90 Å². The van der Waals surface area contributed by atoms with E-state index in [9.17, 15) is 4.79 Å². The highest BCUT2D eigenvalue weighted by atomic mass is 32.2. The molecular formula is C14H19N3O2S. The van der Waals surface area contributed by atoms with Gasteiger partial charge in [-0.15, -0.1) is 0 Å². The van der Waals surface area contributed by atoms with Gasteiger partial charge in [0.15, 0.2) is 5.16 Å². The van der Waals surface area contributed by atoms with Crippen LogP contribution < -0.4 is 0 Å². The number of carboxylic acid groups (broad SMARTS) is 1. The average molecular weight is 293 g/mol. The minimum absolute atomic E-state index is 0.0172. The van der Waals surface area contributed by atoms with Crippen molar-refractivity contribution in [1.82, 2.24) is 14.5 Å². The zero-order chi connectivity index (χ0) is 14.8. The molecule has 0 radical (unpaired) electrons. The molecule has 108 valence electrons. The van der Waals surface area contributed by atoms with E-state index >= 15 is 0 Å². The lowest BCUT2D eigenvalue weighted by Crippen LogP contribution is -2.19. The predicted octanol–water partition coefficient (Wildman–Crippen LogP) is 3.04. The minimum Gasteiger partial charge on any atom is -0.481 e. The molecule has 0 saturated carbocycles. The first-order valence-electron chi connectivity index (χ1n) is 6.58. The number of pyridine rings is 1. The standard InChI is InChI=1S/C14H19N3O2S/c1-4-14(2,3)9-17-11-5-6-15-7-10(11)16-13(17)20-8-12(18)19/h5-7H,4,8-9H2,1-3H3,(H,18,19).